The van der Waals surface area contributed by atoms with Gasteiger partial charge >= 0.3 is 0 Å². The normalized spacial score (nSPS) is 27.6. The fourth-order valence-corrected chi connectivity index (χ4v) is 2.86. The van der Waals surface area contributed by atoms with Gasteiger partial charge in [0.2, 0.25) is 0 Å². The highest BCUT2D eigenvalue weighted by Gasteiger charge is 2.28. The van der Waals surface area contributed by atoms with E-state index < -0.39 is 0 Å². The lowest BCUT2D eigenvalue weighted by Crippen LogP contribution is -2.33. The molecule has 0 amide bonds. The smallest absolute Gasteiger partial charge is 0.138 e. The molecule has 2 heterocycles. The molecule has 17 heavy (non-hydrogen) atoms. The molecule has 4 nitrogen and oxygen atoms in total. The van der Waals surface area contributed by atoms with Gasteiger partial charge in [-0.3, -0.25) is 0 Å². The van der Waals surface area contributed by atoms with Crippen LogP contribution in [-0.2, 0) is 0 Å². The summed E-state index contributed by atoms with van der Waals surface area (Å²) < 4.78 is 5.22. The van der Waals surface area contributed by atoms with Crippen molar-refractivity contribution in [3.05, 3.63) is 17.0 Å². The Balaban J connectivity index is 2.01. The SMILES string of the molecule is Cc1noc(C)c1C(C)NC1CC(C)N(C)C1. The van der Waals surface area contributed by atoms with Crippen LogP contribution in [0, 0.1) is 13.8 Å². The molecule has 0 spiro atoms. The topological polar surface area (TPSA) is 41.3 Å². The zero-order valence-electron chi connectivity index (χ0n) is 11.4. The van der Waals surface area contributed by atoms with Crippen molar-refractivity contribution in [2.75, 3.05) is 13.6 Å². The van der Waals surface area contributed by atoms with Crippen LogP contribution in [0.4, 0.5) is 0 Å². The summed E-state index contributed by atoms with van der Waals surface area (Å²) in [6.07, 6.45) is 1.21. The number of aromatic nitrogens is 1. The van der Waals surface area contributed by atoms with Crippen LogP contribution in [0.2, 0.25) is 0 Å². The Kier molecular flexibility index (Phi) is 3.54. The standard InChI is InChI=1S/C13H23N3O/c1-8-6-12(7-16(8)5)14-9(2)13-10(3)15-17-11(13)4/h8-9,12,14H,6-7H2,1-5H3. The third kappa shape index (κ3) is 2.53. The van der Waals surface area contributed by atoms with Crippen LogP contribution in [0.3, 0.4) is 0 Å². The third-order valence-electron chi connectivity index (χ3n) is 3.89. The number of hydrogen-bond acceptors (Lipinski definition) is 4. The number of rotatable bonds is 3. The summed E-state index contributed by atoms with van der Waals surface area (Å²) in [7, 11) is 2.19. The molecular formula is C13H23N3O. The van der Waals surface area contributed by atoms with Gasteiger partial charge in [0.25, 0.3) is 0 Å². The molecule has 3 unspecified atom stereocenters. The maximum absolute atomic E-state index is 5.22. The van der Waals surface area contributed by atoms with Crippen molar-refractivity contribution in [3.8, 4) is 0 Å². The van der Waals surface area contributed by atoms with Crippen molar-refractivity contribution < 1.29 is 4.52 Å². The minimum absolute atomic E-state index is 0.310. The van der Waals surface area contributed by atoms with Crippen molar-refractivity contribution in [1.29, 1.82) is 0 Å². The molecule has 4 heteroatoms. The van der Waals surface area contributed by atoms with E-state index in [0.29, 0.717) is 18.1 Å². The van der Waals surface area contributed by atoms with Gasteiger partial charge in [0, 0.05) is 30.2 Å². The van der Waals surface area contributed by atoms with Crippen LogP contribution < -0.4 is 5.32 Å². The van der Waals surface area contributed by atoms with Gasteiger partial charge in [-0.15, -0.1) is 0 Å². The Morgan fingerprint density at radius 1 is 1.47 bits per heavy atom. The lowest BCUT2D eigenvalue weighted by Gasteiger charge is -2.19. The van der Waals surface area contributed by atoms with E-state index in [1.54, 1.807) is 0 Å². The molecule has 1 aromatic rings. The van der Waals surface area contributed by atoms with Crippen LogP contribution in [0.1, 0.15) is 43.3 Å². The van der Waals surface area contributed by atoms with Gasteiger partial charge in [-0.05, 0) is 41.2 Å². The van der Waals surface area contributed by atoms with Gasteiger partial charge < -0.3 is 14.7 Å². The number of likely N-dealkylation sites (tertiary alicyclic amines) is 1. The van der Waals surface area contributed by atoms with Crippen LogP contribution >= 0.6 is 0 Å². The average Bonchev–Trinajstić information content (AvgIpc) is 2.72. The van der Waals surface area contributed by atoms with Crippen molar-refractivity contribution in [1.82, 2.24) is 15.4 Å². The van der Waals surface area contributed by atoms with Gasteiger partial charge in [-0.2, -0.15) is 0 Å². The Morgan fingerprint density at radius 3 is 2.65 bits per heavy atom. The quantitative estimate of drug-likeness (QED) is 0.873. The molecule has 1 aromatic heterocycles. The molecule has 0 saturated carbocycles. The average molecular weight is 237 g/mol. The first-order valence-electron chi connectivity index (χ1n) is 6.38. The van der Waals surface area contributed by atoms with Crippen molar-refractivity contribution in [3.63, 3.8) is 0 Å². The fraction of sp³-hybridized carbons (Fsp3) is 0.769. The lowest BCUT2D eigenvalue weighted by molar-refractivity contribution is 0.325. The van der Waals surface area contributed by atoms with Gasteiger partial charge in [-0.1, -0.05) is 5.16 Å². The van der Waals surface area contributed by atoms with Crippen LogP contribution in [-0.4, -0.2) is 35.7 Å². The zero-order valence-corrected chi connectivity index (χ0v) is 11.4. The second-order valence-electron chi connectivity index (χ2n) is 5.35. The van der Waals surface area contributed by atoms with E-state index in [1.807, 2.05) is 13.8 Å². The van der Waals surface area contributed by atoms with E-state index in [4.69, 9.17) is 4.52 Å². The predicted octanol–water partition coefficient (Wildman–Crippen LogP) is 2.03. The first-order chi connectivity index (χ1) is 7.99. The van der Waals surface area contributed by atoms with Crippen molar-refractivity contribution >= 4 is 0 Å². The molecule has 0 aliphatic carbocycles. The second-order valence-corrected chi connectivity index (χ2v) is 5.35. The first-order valence-corrected chi connectivity index (χ1v) is 6.38. The molecule has 0 bridgehead atoms. The van der Waals surface area contributed by atoms with Crippen LogP contribution in [0.25, 0.3) is 0 Å². The summed E-state index contributed by atoms with van der Waals surface area (Å²) in [6, 6.07) is 1.55. The van der Waals surface area contributed by atoms with Gasteiger partial charge in [-0.25, -0.2) is 0 Å². The zero-order chi connectivity index (χ0) is 12.6. The van der Waals surface area contributed by atoms with E-state index in [1.165, 1.54) is 12.0 Å². The maximum atomic E-state index is 5.22. The van der Waals surface area contributed by atoms with Crippen LogP contribution in [0.5, 0.6) is 0 Å². The fourth-order valence-electron chi connectivity index (χ4n) is 2.86. The van der Waals surface area contributed by atoms with E-state index in [2.05, 4.69) is 36.3 Å². The highest BCUT2D eigenvalue weighted by atomic mass is 16.5. The van der Waals surface area contributed by atoms with Crippen LogP contribution in [0.15, 0.2) is 4.52 Å². The van der Waals surface area contributed by atoms with Gasteiger partial charge in [0.05, 0.1) is 5.69 Å². The van der Waals surface area contributed by atoms with Gasteiger partial charge in [0.1, 0.15) is 5.76 Å². The number of nitrogens with one attached hydrogen (secondary N) is 1. The summed E-state index contributed by atoms with van der Waals surface area (Å²) in [5.74, 6) is 0.932. The Morgan fingerprint density at radius 2 is 2.18 bits per heavy atom. The predicted molar refractivity (Wildman–Crippen MR) is 68.0 cm³/mol. The maximum Gasteiger partial charge on any atom is 0.138 e. The lowest BCUT2D eigenvalue weighted by atomic mass is 10.1. The molecule has 0 radical (unpaired) electrons. The molecule has 96 valence electrons. The summed E-state index contributed by atoms with van der Waals surface area (Å²) in [5.41, 5.74) is 2.22. The van der Waals surface area contributed by atoms with E-state index in [0.717, 1.165) is 18.0 Å². The number of hydrogen-bond donors (Lipinski definition) is 1. The summed E-state index contributed by atoms with van der Waals surface area (Å²) in [4.78, 5) is 2.40. The number of aryl methyl sites for hydroxylation is 2. The molecule has 1 aliphatic heterocycles. The van der Waals surface area contributed by atoms with Crippen molar-refractivity contribution in [2.24, 2.45) is 0 Å². The highest BCUT2D eigenvalue weighted by Crippen LogP contribution is 2.24. The highest BCUT2D eigenvalue weighted by molar-refractivity contribution is 5.24. The number of nitrogens with zero attached hydrogens (tertiary/aromatic N) is 2. The molecule has 0 aromatic carbocycles. The molecule has 1 saturated heterocycles. The van der Waals surface area contributed by atoms with E-state index in [9.17, 15) is 0 Å². The Labute approximate surface area is 103 Å². The molecular weight excluding hydrogens is 214 g/mol. The largest absolute Gasteiger partial charge is 0.361 e. The minimum atomic E-state index is 0.310. The summed E-state index contributed by atoms with van der Waals surface area (Å²) in [6.45, 7) is 9.58. The molecule has 1 N–H and O–H groups in total. The molecule has 2 rings (SSSR count). The summed E-state index contributed by atoms with van der Waals surface area (Å²) in [5, 5.41) is 7.70. The second kappa shape index (κ2) is 4.78. The Hall–Kier alpha value is -0.870. The Bertz CT molecular complexity index is 359. The molecule has 3 atom stereocenters. The number of likely N-dealkylation sites (N-methyl/N-ethyl adjacent to an activating group) is 1. The first kappa shape index (κ1) is 12.6. The summed E-state index contributed by atoms with van der Waals surface area (Å²) >= 11 is 0. The van der Waals surface area contributed by atoms with Crippen molar-refractivity contribution in [2.45, 2.75) is 52.2 Å². The molecule has 1 aliphatic rings. The monoisotopic (exact) mass is 237 g/mol. The van der Waals surface area contributed by atoms with E-state index in [-0.39, 0.29) is 0 Å². The third-order valence-corrected chi connectivity index (χ3v) is 3.89. The minimum Gasteiger partial charge on any atom is -0.361 e. The van der Waals surface area contributed by atoms with E-state index >= 15 is 0 Å². The molecule has 1 fully saturated rings. The van der Waals surface area contributed by atoms with Gasteiger partial charge in [0.15, 0.2) is 0 Å².